The number of carbonyl (C=O) groups excluding carboxylic acids is 1. The monoisotopic (exact) mass is 406 g/mol. The SMILES string of the molecule is COc1ccc(C(CNC(=O)c2cc(=O)c3ccc(C)cc3o2)N2CCCC2)cc1. The smallest absolute Gasteiger partial charge is 0.287 e. The average molecular weight is 406 g/mol. The van der Waals surface area contributed by atoms with E-state index in [-0.39, 0.29) is 23.1 Å². The van der Waals surface area contributed by atoms with Gasteiger partial charge in [0.15, 0.2) is 11.2 Å². The highest BCUT2D eigenvalue weighted by molar-refractivity contribution is 5.93. The number of nitrogens with one attached hydrogen (secondary N) is 1. The summed E-state index contributed by atoms with van der Waals surface area (Å²) in [5.74, 6) is 0.456. The Hall–Kier alpha value is -3.12. The van der Waals surface area contributed by atoms with E-state index in [1.807, 2.05) is 37.3 Å². The fourth-order valence-electron chi connectivity index (χ4n) is 3.99. The summed E-state index contributed by atoms with van der Waals surface area (Å²) < 4.78 is 11.0. The Morgan fingerprint density at radius 2 is 1.87 bits per heavy atom. The molecule has 1 aliphatic heterocycles. The molecule has 1 N–H and O–H groups in total. The third kappa shape index (κ3) is 4.24. The maximum Gasteiger partial charge on any atom is 0.287 e. The molecule has 0 spiro atoms. The van der Waals surface area contributed by atoms with Crippen molar-refractivity contribution < 1.29 is 13.9 Å². The van der Waals surface area contributed by atoms with Crippen molar-refractivity contribution >= 4 is 16.9 Å². The second-order valence-corrected chi connectivity index (χ2v) is 7.72. The number of likely N-dealkylation sites (tertiary alicyclic amines) is 1. The fourth-order valence-corrected chi connectivity index (χ4v) is 3.99. The number of hydrogen-bond donors (Lipinski definition) is 1. The molecule has 6 heteroatoms. The first-order chi connectivity index (χ1) is 14.5. The summed E-state index contributed by atoms with van der Waals surface area (Å²) >= 11 is 0. The minimum absolute atomic E-state index is 0.0352. The van der Waals surface area contributed by atoms with Gasteiger partial charge in [-0.15, -0.1) is 0 Å². The van der Waals surface area contributed by atoms with Gasteiger partial charge < -0.3 is 14.5 Å². The van der Waals surface area contributed by atoms with Crippen molar-refractivity contribution in [2.45, 2.75) is 25.8 Å². The Balaban J connectivity index is 1.54. The van der Waals surface area contributed by atoms with Gasteiger partial charge >= 0.3 is 0 Å². The van der Waals surface area contributed by atoms with E-state index in [0.717, 1.165) is 42.8 Å². The number of aryl methyl sites for hydroxylation is 1. The molecule has 1 fully saturated rings. The molecule has 0 saturated carbocycles. The third-order valence-electron chi connectivity index (χ3n) is 5.65. The summed E-state index contributed by atoms with van der Waals surface area (Å²) in [6.45, 7) is 4.34. The third-order valence-corrected chi connectivity index (χ3v) is 5.65. The molecule has 4 rings (SSSR count). The van der Waals surface area contributed by atoms with Crippen molar-refractivity contribution in [1.29, 1.82) is 0 Å². The molecule has 30 heavy (non-hydrogen) atoms. The van der Waals surface area contributed by atoms with Gasteiger partial charge in [0.2, 0.25) is 0 Å². The van der Waals surface area contributed by atoms with E-state index >= 15 is 0 Å². The Kier molecular flexibility index (Phi) is 5.86. The Labute approximate surface area is 175 Å². The first kappa shape index (κ1) is 20.2. The second-order valence-electron chi connectivity index (χ2n) is 7.72. The van der Waals surface area contributed by atoms with Crippen molar-refractivity contribution in [2.24, 2.45) is 0 Å². The lowest BCUT2D eigenvalue weighted by molar-refractivity contribution is 0.0910. The number of fused-ring (bicyclic) bond motifs is 1. The normalized spacial score (nSPS) is 15.3. The van der Waals surface area contributed by atoms with Crippen molar-refractivity contribution in [3.8, 4) is 5.75 Å². The topological polar surface area (TPSA) is 71.8 Å². The number of rotatable bonds is 6. The van der Waals surface area contributed by atoms with Crippen LogP contribution in [0, 0.1) is 6.92 Å². The van der Waals surface area contributed by atoms with Gasteiger partial charge in [-0.3, -0.25) is 14.5 Å². The number of hydrogen-bond acceptors (Lipinski definition) is 5. The van der Waals surface area contributed by atoms with Gasteiger partial charge in [0, 0.05) is 12.6 Å². The van der Waals surface area contributed by atoms with E-state index in [9.17, 15) is 9.59 Å². The minimum Gasteiger partial charge on any atom is -0.497 e. The van der Waals surface area contributed by atoms with Crippen LogP contribution in [0.1, 0.15) is 40.6 Å². The van der Waals surface area contributed by atoms with E-state index in [4.69, 9.17) is 9.15 Å². The Morgan fingerprint density at radius 3 is 2.57 bits per heavy atom. The van der Waals surface area contributed by atoms with Crippen molar-refractivity contribution in [1.82, 2.24) is 10.2 Å². The molecular formula is C24H26N2O4. The number of benzene rings is 2. The van der Waals surface area contributed by atoms with Crippen LogP contribution in [0.5, 0.6) is 5.75 Å². The number of methoxy groups -OCH3 is 1. The predicted octanol–water partition coefficient (Wildman–Crippen LogP) is 3.68. The maximum absolute atomic E-state index is 12.8. The van der Waals surface area contributed by atoms with Crippen LogP contribution in [0.3, 0.4) is 0 Å². The lowest BCUT2D eigenvalue weighted by atomic mass is 10.1. The van der Waals surface area contributed by atoms with Gasteiger partial charge in [-0.2, -0.15) is 0 Å². The standard InChI is InChI=1S/C24H26N2O4/c1-16-5-10-19-21(27)14-23(30-22(19)13-16)24(28)25-15-20(26-11-3-4-12-26)17-6-8-18(29-2)9-7-17/h5-10,13-14,20H,3-4,11-12,15H2,1-2H3,(H,25,28). The van der Waals surface area contributed by atoms with Crippen LogP contribution in [-0.2, 0) is 0 Å². The summed E-state index contributed by atoms with van der Waals surface area (Å²) in [5, 5.41) is 3.44. The van der Waals surface area contributed by atoms with E-state index in [1.54, 1.807) is 19.2 Å². The van der Waals surface area contributed by atoms with Crippen LogP contribution in [0.2, 0.25) is 0 Å². The Bertz CT molecular complexity index is 1100. The van der Waals surface area contributed by atoms with Gasteiger partial charge in [0.25, 0.3) is 5.91 Å². The number of amides is 1. The van der Waals surface area contributed by atoms with E-state index in [2.05, 4.69) is 10.2 Å². The molecule has 156 valence electrons. The number of ether oxygens (including phenoxy) is 1. The molecule has 2 heterocycles. The molecule has 1 aromatic heterocycles. The summed E-state index contributed by atoms with van der Waals surface area (Å²) in [5.41, 5.74) is 2.30. The van der Waals surface area contributed by atoms with Gasteiger partial charge in [-0.1, -0.05) is 18.2 Å². The van der Waals surface area contributed by atoms with Crippen LogP contribution in [-0.4, -0.2) is 37.6 Å². The minimum atomic E-state index is -0.381. The summed E-state index contributed by atoms with van der Waals surface area (Å²) in [6.07, 6.45) is 2.30. The van der Waals surface area contributed by atoms with Crippen molar-refractivity contribution in [3.05, 3.63) is 75.6 Å². The van der Waals surface area contributed by atoms with Gasteiger partial charge in [0.05, 0.1) is 18.5 Å². The molecular weight excluding hydrogens is 380 g/mol. The highest BCUT2D eigenvalue weighted by Crippen LogP contribution is 2.26. The molecule has 3 aromatic rings. The van der Waals surface area contributed by atoms with Crippen LogP contribution < -0.4 is 15.5 Å². The van der Waals surface area contributed by atoms with Gasteiger partial charge in [-0.05, 0) is 68.2 Å². The quantitative estimate of drug-likeness (QED) is 0.676. The lowest BCUT2D eigenvalue weighted by Crippen LogP contribution is -2.37. The van der Waals surface area contributed by atoms with E-state index in [0.29, 0.717) is 17.5 Å². The molecule has 1 aliphatic rings. The van der Waals surface area contributed by atoms with Crippen LogP contribution in [0.25, 0.3) is 11.0 Å². The second kappa shape index (κ2) is 8.71. The zero-order valence-corrected chi connectivity index (χ0v) is 17.3. The molecule has 1 atom stereocenters. The van der Waals surface area contributed by atoms with Crippen LogP contribution in [0.15, 0.2) is 57.7 Å². The van der Waals surface area contributed by atoms with Gasteiger partial charge in [0.1, 0.15) is 11.3 Å². The molecule has 1 saturated heterocycles. The van der Waals surface area contributed by atoms with Crippen LogP contribution >= 0.6 is 0 Å². The largest absolute Gasteiger partial charge is 0.497 e. The zero-order valence-electron chi connectivity index (χ0n) is 17.3. The maximum atomic E-state index is 12.8. The molecule has 1 unspecified atom stereocenters. The zero-order chi connectivity index (χ0) is 21.1. The number of carbonyl (C=O) groups is 1. The molecule has 0 radical (unpaired) electrons. The number of nitrogens with zero attached hydrogens (tertiary/aromatic N) is 1. The van der Waals surface area contributed by atoms with E-state index in [1.165, 1.54) is 6.07 Å². The fraction of sp³-hybridized carbons (Fsp3) is 0.333. The summed E-state index contributed by atoms with van der Waals surface area (Å²) in [7, 11) is 1.64. The lowest BCUT2D eigenvalue weighted by Gasteiger charge is -2.28. The highest BCUT2D eigenvalue weighted by atomic mass is 16.5. The Morgan fingerprint density at radius 1 is 1.13 bits per heavy atom. The van der Waals surface area contributed by atoms with Gasteiger partial charge in [-0.25, -0.2) is 0 Å². The summed E-state index contributed by atoms with van der Waals surface area (Å²) in [6, 6.07) is 14.6. The molecule has 0 aliphatic carbocycles. The molecule has 0 bridgehead atoms. The predicted molar refractivity (Wildman–Crippen MR) is 116 cm³/mol. The molecule has 1 amide bonds. The molecule has 2 aromatic carbocycles. The average Bonchev–Trinajstić information content (AvgIpc) is 3.28. The summed E-state index contributed by atoms with van der Waals surface area (Å²) in [4.78, 5) is 27.6. The van der Waals surface area contributed by atoms with Crippen molar-refractivity contribution in [3.63, 3.8) is 0 Å². The molecule has 6 nitrogen and oxygen atoms in total. The first-order valence-electron chi connectivity index (χ1n) is 10.3. The first-order valence-corrected chi connectivity index (χ1v) is 10.3. The highest BCUT2D eigenvalue weighted by Gasteiger charge is 2.24. The van der Waals surface area contributed by atoms with Crippen LogP contribution in [0.4, 0.5) is 0 Å². The van der Waals surface area contributed by atoms with E-state index < -0.39 is 0 Å². The van der Waals surface area contributed by atoms with Crippen molar-refractivity contribution in [2.75, 3.05) is 26.7 Å².